The number of aliphatic hydroxyl groups excluding tert-OH is 1. The van der Waals surface area contributed by atoms with E-state index in [1.54, 1.807) is 7.11 Å². The third-order valence-electron chi connectivity index (χ3n) is 3.50. The van der Waals surface area contributed by atoms with Gasteiger partial charge in [-0.25, -0.2) is 4.98 Å². The number of ether oxygens (including phenoxy) is 2. The lowest BCUT2D eigenvalue weighted by Crippen LogP contribution is -2.26. The standard InChI is InChI=1S/C17H25N3O3/c1-4-23-17-9-14(5-6-16(17)22-3)11-20(7-8-21)12-15-10-18-13(2)19-15/h5-6,9-10,21H,4,7-8,11-12H2,1-3H3,(H,18,19). The summed E-state index contributed by atoms with van der Waals surface area (Å²) in [5, 5.41) is 9.31. The minimum absolute atomic E-state index is 0.113. The summed E-state index contributed by atoms with van der Waals surface area (Å²) in [7, 11) is 1.64. The zero-order chi connectivity index (χ0) is 16.7. The largest absolute Gasteiger partial charge is 0.493 e. The molecular weight excluding hydrogens is 294 g/mol. The van der Waals surface area contributed by atoms with Crippen LogP contribution in [0.3, 0.4) is 0 Å². The summed E-state index contributed by atoms with van der Waals surface area (Å²) in [6.07, 6.45) is 1.83. The molecule has 0 aliphatic heterocycles. The van der Waals surface area contributed by atoms with E-state index in [1.807, 2.05) is 38.2 Å². The van der Waals surface area contributed by atoms with Crippen molar-refractivity contribution in [3.8, 4) is 11.5 Å². The Morgan fingerprint density at radius 1 is 1.26 bits per heavy atom. The lowest BCUT2D eigenvalue weighted by Gasteiger charge is -2.21. The third kappa shape index (κ3) is 4.97. The van der Waals surface area contributed by atoms with Crippen LogP contribution in [0.4, 0.5) is 0 Å². The van der Waals surface area contributed by atoms with E-state index in [4.69, 9.17) is 9.47 Å². The highest BCUT2D eigenvalue weighted by Crippen LogP contribution is 2.28. The number of aliphatic hydroxyl groups is 1. The number of aromatic amines is 1. The zero-order valence-corrected chi connectivity index (χ0v) is 14.0. The number of benzene rings is 1. The normalized spacial score (nSPS) is 11.0. The molecule has 6 nitrogen and oxygen atoms in total. The number of rotatable bonds is 9. The second-order valence-electron chi connectivity index (χ2n) is 5.35. The molecule has 0 amide bonds. The van der Waals surface area contributed by atoms with Gasteiger partial charge < -0.3 is 19.6 Å². The molecule has 0 bridgehead atoms. The average Bonchev–Trinajstić information content (AvgIpc) is 2.93. The molecule has 2 rings (SSSR count). The number of hydrogen-bond donors (Lipinski definition) is 2. The molecule has 1 heterocycles. The monoisotopic (exact) mass is 319 g/mol. The van der Waals surface area contributed by atoms with Gasteiger partial charge >= 0.3 is 0 Å². The van der Waals surface area contributed by atoms with E-state index in [2.05, 4.69) is 14.9 Å². The Labute approximate surface area is 137 Å². The first-order chi connectivity index (χ1) is 11.2. The van der Waals surface area contributed by atoms with Crippen LogP contribution in [0.15, 0.2) is 24.4 Å². The number of hydrogen-bond acceptors (Lipinski definition) is 5. The van der Waals surface area contributed by atoms with E-state index in [-0.39, 0.29) is 6.61 Å². The summed E-state index contributed by atoms with van der Waals surface area (Å²) >= 11 is 0. The predicted molar refractivity (Wildman–Crippen MR) is 88.7 cm³/mol. The van der Waals surface area contributed by atoms with E-state index in [0.717, 1.165) is 28.6 Å². The van der Waals surface area contributed by atoms with Crippen LogP contribution in [0, 0.1) is 6.92 Å². The molecule has 0 saturated carbocycles. The van der Waals surface area contributed by atoms with E-state index in [0.29, 0.717) is 26.2 Å². The van der Waals surface area contributed by atoms with Gasteiger partial charge in [-0.3, -0.25) is 4.90 Å². The van der Waals surface area contributed by atoms with E-state index >= 15 is 0 Å². The van der Waals surface area contributed by atoms with Crippen molar-refractivity contribution in [2.45, 2.75) is 26.9 Å². The summed E-state index contributed by atoms with van der Waals surface area (Å²) in [5.41, 5.74) is 2.15. The second-order valence-corrected chi connectivity index (χ2v) is 5.35. The summed E-state index contributed by atoms with van der Waals surface area (Å²) in [6.45, 7) is 6.59. The van der Waals surface area contributed by atoms with Crippen molar-refractivity contribution >= 4 is 0 Å². The van der Waals surface area contributed by atoms with Crippen LogP contribution in [0.1, 0.15) is 24.0 Å². The van der Waals surface area contributed by atoms with Crippen molar-refractivity contribution in [1.82, 2.24) is 14.9 Å². The fraction of sp³-hybridized carbons (Fsp3) is 0.471. The molecule has 2 N–H and O–H groups in total. The molecule has 1 aromatic carbocycles. The Morgan fingerprint density at radius 2 is 2.09 bits per heavy atom. The molecule has 0 unspecified atom stereocenters. The summed E-state index contributed by atoms with van der Waals surface area (Å²) in [5.74, 6) is 2.37. The van der Waals surface area contributed by atoms with Crippen molar-refractivity contribution in [2.75, 3.05) is 26.9 Å². The van der Waals surface area contributed by atoms with Gasteiger partial charge in [0.15, 0.2) is 11.5 Å². The van der Waals surface area contributed by atoms with Gasteiger partial charge in [0.05, 0.1) is 20.3 Å². The van der Waals surface area contributed by atoms with Crippen LogP contribution in [-0.2, 0) is 13.1 Å². The van der Waals surface area contributed by atoms with Crippen LogP contribution < -0.4 is 9.47 Å². The van der Waals surface area contributed by atoms with Crippen molar-refractivity contribution < 1.29 is 14.6 Å². The average molecular weight is 319 g/mol. The Balaban J connectivity index is 2.10. The maximum absolute atomic E-state index is 9.31. The number of methoxy groups -OCH3 is 1. The van der Waals surface area contributed by atoms with Gasteiger partial charge in [-0.1, -0.05) is 6.07 Å². The smallest absolute Gasteiger partial charge is 0.161 e. The van der Waals surface area contributed by atoms with Gasteiger partial charge in [0, 0.05) is 31.5 Å². The first kappa shape index (κ1) is 17.3. The number of nitrogens with zero attached hydrogens (tertiary/aromatic N) is 2. The number of H-pyrrole nitrogens is 1. The molecule has 0 spiro atoms. The third-order valence-corrected chi connectivity index (χ3v) is 3.50. The summed E-state index contributed by atoms with van der Waals surface area (Å²) < 4.78 is 10.9. The first-order valence-electron chi connectivity index (χ1n) is 7.79. The summed E-state index contributed by atoms with van der Waals surface area (Å²) in [4.78, 5) is 9.60. The topological polar surface area (TPSA) is 70.6 Å². The Hall–Kier alpha value is -2.05. The number of imidazole rings is 1. The lowest BCUT2D eigenvalue weighted by atomic mass is 10.2. The van der Waals surface area contributed by atoms with Crippen molar-refractivity contribution in [3.63, 3.8) is 0 Å². The maximum atomic E-state index is 9.31. The molecule has 0 aliphatic carbocycles. The van der Waals surface area contributed by atoms with Crippen LogP contribution in [0.2, 0.25) is 0 Å². The quantitative estimate of drug-likeness (QED) is 0.741. The maximum Gasteiger partial charge on any atom is 0.161 e. The van der Waals surface area contributed by atoms with E-state index < -0.39 is 0 Å². The molecule has 0 aliphatic rings. The minimum Gasteiger partial charge on any atom is -0.493 e. The zero-order valence-electron chi connectivity index (χ0n) is 14.0. The fourth-order valence-corrected chi connectivity index (χ4v) is 2.49. The van der Waals surface area contributed by atoms with Gasteiger partial charge in [0.1, 0.15) is 5.82 Å². The Kier molecular flexibility index (Phi) is 6.43. The van der Waals surface area contributed by atoms with Crippen molar-refractivity contribution in [1.29, 1.82) is 0 Å². The molecule has 2 aromatic rings. The van der Waals surface area contributed by atoms with Crippen LogP contribution in [0.5, 0.6) is 11.5 Å². The first-order valence-corrected chi connectivity index (χ1v) is 7.79. The number of nitrogens with one attached hydrogen (secondary N) is 1. The fourth-order valence-electron chi connectivity index (χ4n) is 2.49. The van der Waals surface area contributed by atoms with Crippen LogP contribution in [-0.4, -0.2) is 46.8 Å². The number of aryl methyl sites for hydroxylation is 1. The van der Waals surface area contributed by atoms with Crippen molar-refractivity contribution in [3.05, 3.63) is 41.5 Å². The molecule has 6 heteroatoms. The predicted octanol–water partition coefficient (Wildman–Crippen LogP) is 2.12. The highest BCUT2D eigenvalue weighted by molar-refractivity contribution is 5.43. The molecule has 0 atom stereocenters. The van der Waals surface area contributed by atoms with Gasteiger partial charge in [-0.05, 0) is 31.5 Å². The van der Waals surface area contributed by atoms with Gasteiger partial charge in [-0.15, -0.1) is 0 Å². The molecule has 126 valence electrons. The molecule has 0 fully saturated rings. The van der Waals surface area contributed by atoms with Crippen molar-refractivity contribution in [2.24, 2.45) is 0 Å². The van der Waals surface area contributed by atoms with E-state index in [9.17, 15) is 5.11 Å². The van der Waals surface area contributed by atoms with Crippen LogP contribution in [0.25, 0.3) is 0 Å². The molecule has 23 heavy (non-hydrogen) atoms. The van der Waals surface area contributed by atoms with Crippen LogP contribution >= 0.6 is 0 Å². The lowest BCUT2D eigenvalue weighted by molar-refractivity contribution is 0.183. The highest BCUT2D eigenvalue weighted by atomic mass is 16.5. The number of aromatic nitrogens is 2. The molecule has 1 aromatic heterocycles. The highest BCUT2D eigenvalue weighted by Gasteiger charge is 2.11. The Bertz CT molecular complexity index is 613. The minimum atomic E-state index is 0.113. The molecule has 0 radical (unpaired) electrons. The SMILES string of the molecule is CCOc1cc(CN(CCO)Cc2cnc(C)[nH]2)ccc1OC. The summed E-state index contributed by atoms with van der Waals surface area (Å²) in [6, 6.07) is 5.92. The van der Waals surface area contributed by atoms with E-state index in [1.165, 1.54) is 0 Å². The van der Waals surface area contributed by atoms with Gasteiger partial charge in [0.2, 0.25) is 0 Å². The second kappa shape index (κ2) is 8.55. The Morgan fingerprint density at radius 3 is 2.70 bits per heavy atom. The molecular formula is C17H25N3O3. The van der Waals surface area contributed by atoms with Gasteiger partial charge in [-0.2, -0.15) is 0 Å². The molecule has 0 saturated heterocycles. The van der Waals surface area contributed by atoms with Gasteiger partial charge in [0.25, 0.3) is 0 Å².